The number of carbonyl (C=O) groups excluding carboxylic acids is 1. The van der Waals surface area contributed by atoms with Gasteiger partial charge in [0.25, 0.3) is 0 Å². The molecule has 0 spiro atoms. The molecule has 1 saturated heterocycles. The fraction of sp³-hybridized carbons (Fsp3) is 0.375. The summed E-state index contributed by atoms with van der Waals surface area (Å²) in [6.45, 7) is 5.43. The number of aromatic amines is 1. The van der Waals surface area contributed by atoms with Gasteiger partial charge >= 0.3 is 0 Å². The van der Waals surface area contributed by atoms with Gasteiger partial charge in [0.1, 0.15) is 0 Å². The Hall–Kier alpha value is -2.28. The van der Waals surface area contributed by atoms with Crippen LogP contribution in [-0.2, 0) is 16.6 Å². The molecule has 118 valence electrons. The molecule has 0 unspecified atom stereocenters. The van der Waals surface area contributed by atoms with Gasteiger partial charge in [0, 0.05) is 17.8 Å². The smallest absolute Gasteiger partial charge is 0.227 e. The van der Waals surface area contributed by atoms with Gasteiger partial charge < -0.3 is 4.90 Å². The third-order valence-corrected chi connectivity index (χ3v) is 5.48. The van der Waals surface area contributed by atoms with E-state index in [2.05, 4.69) is 58.1 Å². The van der Waals surface area contributed by atoms with Crippen molar-refractivity contribution in [3.8, 4) is 0 Å². The average Bonchev–Trinajstić information content (AvgIpc) is 3.14. The summed E-state index contributed by atoms with van der Waals surface area (Å²) >= 11 is 1.70. The van der Waals surface area contributed by atoms with Gasteiger partial charge in [-0.2, -0.15) is 5.21 Å². The number of hydrogen-bond acceptors (Lipinski definition) is 5. The van der Waals surface area contributed by atoms with E-state index in [-0.39, 0.29) is 11.3 Å². The molecule has 1 amide bonds. The Balaban J connectivity index is 1.48. The molecular formula is C16H17N5OS. The molecule has 0 saturated carbocycles. The van der Waals surface area contributed by atoms with Crippen LogP contribution < -0.4 is 0 Å². The van der Waals surface area contributed by atoms with Crippen molar-refractivity contribution >= 4 is 27.3 Å². The predicted molar refractivity (Wildman–Crippen MR) is 88.4 cm³/mol. The minimum Gasteiger partial charge on any atom is -0.340 e. The lowest BCUT2D eigenvalue weighted by atomic mass is 9.81. The van der Waals surface area contributed by atoms with Gasteiger partial charge in [-0.1, -0.05) is 22.9 Å². The molecule has 0 aliphatic carbocycles. The van der Waals surface area contributed by atoms with Crippen molar-refractivity contribution < 1.29 is 4.79 Å². The van der Waals surface area contributed by atoms with Crippen LogP contribution >= 0.6 is 11.3 Å². The molecule has 1 fully saturated rings. The second-order valence-electron chi connectivity index (χ2n) is 6.48. The number of nitrogens with one attached hydrogen (secondary N) is 1. The Kier molecular flexibility index (Phi) is 3.19. The molecular weight excluding hydrogens is 310 g/mol. The molecule has 1 aliphatic rings. The van der Waals surface area contributed by atoms with Gasteiger partial charge in [0.05, 0.1) is 11.8 Å². The Bertz CT molecular complexity index is 864. The summed E-state index contributed by atoms with van der Waals surface area (Å²) in [6, 6.07) is 6.39. The Morgan fingerprint density at radius 1 is 1.43 bits per heavy atom. The van der Waals surface area contributed by atoms with Gasteiger partial charge in [0.15, 0.2) is 5.82 Å². The van der Waals surface area contributed by atoms with Crippen molar-refractivity contribution in [2.75, 3.05) is 13.1 Å². The molecule has 0 bridgehead atoms. The van der Waals surface area contributed by atoms with E-state index in [0.29, 0.717) is 25.3 Å². The summed E-state index contributed by atoms with van der Waals surface area (Å²) < 4.78 is 1.23. The van der Waals surface area contributed by atoms with Crippen LogP contribution in [0.25, 0.3) is 10.1 Å². The number of aryl methyl sites for hydroxylation is 1. The van der Waals surface area contributed by atoms with E-state index in [0.717, 1.165) is 5.56 Å². The number of benzene rings is 1. The molecule has 7 heteroatoms. The second-order valence-corrected chi connectivity index (χ2v) is 7.39. The Morgan fingerprint density at radius 3 is 3.00 bits per heavy atom. The van der Waals surface area contributed by atoms with E-state index in [1.54, 1.807) is 11.3 Å². The molecule has 0 atom stereocenters. The quantitative estimate of drug-likeness (QED) is 0.799. The highest BCUT2D eigenvalue weighted by Crippen LogP contribution is 2.33. The minimum atomic E-state index is -0.185. The zero-order chi connectivity index (χ0) is 16.0. The number of fused-ring (bicyclic) bond motifs is 1. The van der Waals surface area contributed by atoms with Crippen molar-refractivity contribution in [2.45, 2.75) is 25.7 Å². The van der Waals surface area contributed by atoms with Crippen LogP contribution in [0.3, 0.4) is 0 Å². The number of carbonyl (C=O) groups is 1. The first-order chi connectivity index (χ1) is 11.0. The lowest BCUT2D eigenvalue weighted by Gasteiger charge is -2.45. The van der Waals surface area contributed by atoms with E-state index < -0.39 is 0 Å². The van der Waals surface area contributed by atoms with E-state index >= 15 is 0 Å². The van der Waals surface area contributed by atoms with Crippen LogP contribution in [0, 0.1) is 6.92 Å². The maximum atomic E-state index is 12.5. The summed E-state index contributed by atoms with van der Waals surface area (Å²) in [7, 11) is 0. The van der Waals surface area contributed by atoms with E-state index in [4.69, 9.17) is 0 Å². The number of amides is 1. The molecule has 1 aromatic carbocycles. The first kappa shape index (κ1) is 14.3. The summed E-state index contributed by atoms with van der Waals surface area (Å²) in [5, 5.41) is 17.5. The van der Waals surface area contributed by atoms with E-state index in [9.17, 15) is 4.79 Å². The van der Waals surface area contributed by atoms with Crippen molar-refractivity contribution in [1.82, 2.24) is 25.5 Å². The summed E-state index contributed by atoms with van der Waals surface area (Å²) in [5.41, 5.74) is 2.15. The monoisotopic (exact) mass is 327 g/mol. The number of likely N-dealkylation sites (tertiary alicyclic amines) is 1. The van der Waals surface area contributed by atoms with Gasteiger partial charge in [-0.3, -0.25) is 4.79 Å². The number of rotatable bonds is 3. The van der Waals surface area contributed by atoms with Gasteiger partial charge in [-0.05, 0) is 36.2 Å². The Morgan fingerprint density at radius 2 is 2.26 bits per heavy atom. The highest BCUT2D eigenvalue weighted by molar-refractivity contribution is 7.17. The van der Waals surface area contributed by atoms with Crippen LogP contribution in [0.2, 0.25) is 0 Å². The topological polar surface area (TPSA) is 74.8 Å². The van der Waals surface area contributed by atoms with Crippen molar-refractivity contribution in [3.63, 3.8) is 0 Å². The van der Waals surface area contributed by atoms with Crippen molar-refractivity contribution in [2.24, 2.45) is 0 Å². The molecule has 0 radical (unpaired) electrons. The maximum Gasteiger partial charge on any atom is 0.227 e. The zero-order valence-electron chi connectivity index (χ0n) is 13.0. The number of thiophene rings is 1. The maximum absolute atomic E-state index is 12.5. The highest BCUT2D eigenvalue weighted by Gasteiger charge is 2.45. The predicted octanol–water partition coefficient (Wildman–Crippen LogP) is 2.07. The average molecular weight is 327 g/mol. The third-order valence-electron chi connectivity index (χ3n) is 4.47. The number of nitrogens with zero attached hydrogens (tertiary/aromatic N) is 4. The van der Waals surface area contributed by atoms with Gasteiger partial charge in [0.2, 0.25) is 5.91 Å². The fourth-order valence-corrected chi connectivity index (χ4v) is 4.08. The van der Waals surface area contributed by atoms with Crippen LogP contribution in [0.1, 0.15) is 23.9 Å². The normalized spacial score (nSPS) is 16.5. The Labute approximate surface area is 137 Å². The largest absolute Gasteiger partial charge is 0.340 e. The summed E-state index contributed by atoms with van der Waals surface area (Å²) in [6.07, 6.45) is 0.450. The molecule has 4 rings (SSSR count). The lowest BCUT2D eigenvalue weighted by Crippen LogP contribution is -2.60. The van der Waals surface area contributed by atoms with Crippen LogP contribution in [0.15, 0.2) is 23.6 Å². The summed E-state index contributed by atoms with van der Waals surface area (Å²) in [5.74, 6) is 0.838. The van der Waals surface area contributed by atoms with Gasteiger partial charge in [-0.25, -0.2) is 0 Å². The van der Waals surface area contributed by atoms with Crippen molar-refractivity contribution in [3.05, 3.63) is 40.5 Å². The molecule has 6 nitrogen and oxygen atoms in total. The molecule has 1 N–H and O–H groups in total. The second kappa shape index (κ2) is 5.13. The molecule has 3 aromatic rings. The van der Waals surface area contributed by atoms with Crippen LogP contribution in [0.5, 0.6) is 0 Å². The first-order valence-corrected chi connectivity index (χ1v) is 8.42. The number of hydrogen-bond donors (Lipinski definition) is 1. The number of tetrazole rings is 1. The SMILES string of the molecule is Cc1ccc2scc(CC(=O)N3CC(C)(c4nn[nH]n4)C3)c2c1. The molecule has 23 heavy (non-hydrogen) atoms. The third kappa shape index (κ3) is 2.41. The van der Waals surface area contributed by atoms with Crippen LogP contribution in [0.4, 0.5) is 0 Å². The van der Waals surface area contributed by atoms with Crippen molar-refractivity contribution in [1.29, 1.82) is 0 Å². The highest BCUT2D eigenvalue weighted by atomic mass is 32.1. The number of H-pyrrole nitrogens is 1. The van der Waals surface area contributed by atoms with Crippen LogP contribution in [-0.4, -0.2) is 44.5 Å². The van der Waals surface area contributed by atoms with Gasteiger partial charge in [-0.15, -0.1) is 21.5 Å². The molecule has 2 aromatic heterocycles. The fourth-order valence-electron chi connectivity index (χ4n) is 3.14. The zero-order valence-corrected chi connectivity index (χ0v) is 13.9. The minimum absolute atomic E-state index is 0.159. The molecule has 1 aliphatic heterocycles. The van der Waals surface area contributed by atoms with E-state index in [1.165, 1.54) is 15.6 Å². The summed E-state index contributed by atoms with van der Waals surface area (Å²) in [4.78, 5) is 14.4. The standard InChI is InChI=1S/C16H17N5OS/c1-10-3-4-13-12(5-10)11(7-23-13)6-14(22)21-8-16(2,9-21)15-17-19-20-18-15/h3-5,7H,6,8-9H2,1-2H3,(H,17,18,19,20). The van der Waals surface area contributed by atoms with E-state index in [1.807, 2.05) is 4.90 Å². The lowest BCUT2D eigenvalue weighted by molar-refractivity contribution is -0.138. The first-order valence-electron chi connectivity index (χ1n) is 7.54. The number of aromatic nitrogens is 4. The molecule has 3 heterocycles.